The number of ether oxygens (including phenoxy) is 1. The first kappa shape index (κ1) is 14.0. The van der Waals surface area contributed by atoms with Crippen LogP contribution in [0.15, 0.2) is 0 Å². The van der Waals surface area contributed by atoms with Crippen molar-refractivity contribution in [3.8, 4) is 0 Å². The first-order valence-corrected chi connectivity index (χ1v) is 7.17. The van der Waals surface area contributed by atoms with E-state index in [2.05, 4.69) is 13.2 Å². The highest BCUT2D eigenvalue weighted by molar-refractivity contribution is 7.96. The first-order valence-electron chi connectivity index (χ1n) is 5.20. The zero-order chi connectivity index (χ0) is 11.0. The molecule has 0 heterocycles. The lowest BCUT2D eigenvalue weighted by Crippen LogP contribution is -2.19. The summed E-state index contributed by atoms with van der Waals surface area (Å²) in [4.78, 5) is 11.2. The predicted molar refractivity (Wildman–Crippen MR) is 64.0 cm³/mol. The van der Waals surface area contributed by atoms with Gasteiger partial charge in [0.15, 0.2) is 0 Å². The number of ketones is 1. The van der Waals surface area contributed by atoms with E-state index in [0.29, 0.717) is 16.7 Å². The maximum atomic E-state index is 11.2. The molecule has 2 atom stereocenters. The van der Waals surface area contributed by atoms with Crippen molar-refractivity contribution in [3.63, 3.8) is 0 Å². The molecule has 0 aliphatic carbocycles. The van der Waals surface area contributed by atoms with E-state index in [1.165, 1.54) is 5.75 Å². The zero-order valence-electron chi connectivity index (χ0n) is 9.84. The Labute approximate surface area is 90.8 Å². The minimum Gasteiger partial charge on any atom is -0.380 e. The third kappa shape index (κ3) is 6.44. The van der Waals surface area contributed by atoms with Crippen molar-refractivity contribution in [1.82, 2.24) is 0 Å². The van der Waals surface area contributed by atoms with Crippen LogP contribution in [0.25, 0.3) is 0 Å². The summed E-state index contributed by atoms with van der Waals surface area (Å²) in [5.41, 5.74) is 0. The summed E-state index contributed by atoms with van der Waals surface area (Å²) in [6, 6.07) is 0. The van der Waals surface area contributed by atoms with E-state index in [9.17, 15) is 4.79 Å². The Balaban J connectivity index is 3.62. The van der Waals surface area contributed by atoms with Crippen molar-refractivity contribution < 1.29 is 9.53 Å². The van der Waals surface area contributed by atoms with Crippen LogP contribution in [-0.4, -0.2) is 37.3 Å². The van der Waals surface area contributed by atoms with E-state index in [-0.39, 0.29) is 5.92 Å². The standard InChI is InChI=1S/C11H23O2S/c1-5-11(10(2)12)6-8-14(4)9-7-13-3/h11H,5-9H2,1-4H3/q+1/t11-,14?/m0/s1. The summed E-state index contributed by atoms with van der Waals surface area (Å²) in [5, 5.41) is 0. The van der Waals surface area contributed by atoms with Gasteiger partial charge in [-0.3, -0.25) is 4.79 Å². The SMILES string of the molecule is CC[C@@H](CC[S+](C)CCOC)C(C)=O. The van der Waals surface area contributed by atoms with Gasteiger partial charge in [0, 0.05) is 19.4 Å². The van der Waals surface area contributed by atoms with Gasteiger partial charge >= 0.3 is 0 Å². The summed E-state index contributed by atoms with van der Waals surface area (Å²) in [7, 11) is 2.15. The highest BCUT2D eigenvalue weighted by Crippen LogP contribution is 2.11. The number of hydrogen-bond donors (Lipinski definition) is 0. The van der Waals surface area contributed by atoms with E-state index in [0.717, 1.165) is 25.2 Å². The van der Waals surface area contributed by atoms with Crippen molar-refractivity contribution in [2.75, 3.05) is 31.5 Å². The molecule has 0 bridgehead atoms. The lowest BCUT2D eigenvalue weighted by molar-refractivity contribution is -0.120. The Kier molecular flexibility index (Phi) is 8.29. The molecule has 0 rings (SSSR count). The summed E-state index contributed by atoms with van der Waals surface area (Å²) in [6.45, 7) is 4.64. The van der Waals surface area contributed by atoms with Crippen LogP contribution in [0.1, 0.15) is 26.7 Å². The van der Waals surface area contributed by atoms with Crippen LogP contribution in [0.3, 0.4) is 0 Å². The number of carbonyl (C=O) groups is 1. The molecule has 0 fully saturated rings. The van der Waals surface area contributed by atoms with Crippen molar-refractivity contribution in [3.05, 3.63) is 0 Å². The number of Topliss-reactive ketones (excluding diaryl/α,β-unsaturated/α-hetero) is 1. The summed E-state index contributed by atoms with van der Waals surface area (Å²) in [6.07, 6.45) is 4.29. The van der Waals surface area contributed by atoms with Crippen LogP contribution in [-0.2, 0) is 20.4 Å². The van der Waals surface area contributed by atoms with E-state index < -0.39 is 0 Å². The Hall–Kier alpha value is -0.0200. The predicted octanol–water partition coefficient (Wildman–Crippen LogP) is 1.89. The van der Waals surface area contributed by atoms with E-state index in [1.54, 1.807) is 14.0 Å². The topological polar surface area (TPSA) is 26.3 Å². The second kappa shape index (κ2) is 8.30. The van der Waals surface area contributed by atoms with E-state index >= 15 is 0 Å². The average Bonchev–Trinajstić information content (AvgIpc) is 2.15. The monoisotopic (exact) mass is 219 g/mol. The second-order valence-electron chi connectivity index (χ2n) is 3.69. The van der Waals surface area contributed by atoms with Gasteiger partial charge in [-0.25, -0.2) is 0 Å². The van der Waals surface area contributed by atoms with Gasteiger partial charge in [0.2, 0.25) is 0 Å². The molecule has 0 spiro atoms. The molecule has 0 aromatic carbocycles. The molecule has 2 nitrogen and oxygen atoms in total. The van der Waals surface area contributed by atoms with Crippen LogP contribution in [0.5, 0.6) is 0 Å². The molecule has 0 saturated heterocycles. The Morgan fingerprint density at radius 2 is 2.07 bits per heavy atom. The number of rotatable bonds is 8. The molecule has 0 aliphatic rings. The maximum Gasteiger partial charge on any atom is 0.133 e. The molecule has 0 aromatic rings. The lowest BCUT2D eigenvalue weighted by Gasteiger charge is -2.10. The highest BCUT2D eigenvalue weighted by Gasteiger charge is 2.17. The van der Waals surface area contributed by atoms with Gasteiger partial charge in [-0.05, 0) is 24.2 Å². The van der Waals surface area contributed by atoms with Crippen LogP contribution in [0.2, 0.25) is 0 Å². The van der Waals surface area contributed by atoms with Gasteiger partial charge in [0.25, 0.3) is 0 Å². The van der Waals surface area contributed by atoms with Crippen LogP contribution < -0.4 is 0 Å². The fourth-order valence-electron chi connectivity index (χ4n) is 1.37. The van der Waals surface area contributed by atoms with E-state index in [1.807, 2.05) is 0 Å². The van der Waals surface area contributed by atoms with Gasteiger partial charge in [0.05, 0.1) is 12.9 Å². The average molecular weight is 219 g/mol. The molecular formula is C11H23O2S+. The summed E-state index contributed by atoms with van der Waals surface area (Å²) >= 11 is 0. The smallest absolute Gasteiger partial charge is 0.133 e. The molecule has 0 N–H and O–H groups in total. The molecule has 14 heavy (non-hydrogen) atoms. The number of hydrogen-bond acceptors (Lipinski definition) is 2. The van der Waals surface area contributed by atoms with Crippen molar-refractivity contribution in [2.45, 2.75) is 26.7 Å². The Morgan fingerprint density at radius 3 is 2.50 bits per heavy atom. The molecule has 0 saturated carbocycles. The van der Waals surface area contributed by atoms with Gasteiger partial charge in [-0.1, -0.05) is 6.92 Å². The third-order valence-electron chi connectivity index (χ3n) is 2.52. The van der Waals surface area contributed by atoms with Crippen LogP contribution >= 0.6 is 0 Å². The molecule has 1 unspecified atom stereocenters. The number of methoxy groups -OCH3 is 1. The largest absolute Gasteiger partial charge is 0.380 e. The zero-order valence-corrected chi connectivity index (χ0v) is 10.7. The normalized spacial score (nSPS) is 15.1. The molecular weight excluding hydrogens is 196 g/mol. The molecule has 3 heteroatoms. The van der Waals surface area contributed by atoms with Gasteiger partial charge < -0.3 is 4.74 Å². The first-order chi connectivity index (χ1) is 6.61. The highest BCUT2D eigenvalue weighted by atomic mass is 32.2. The van der Waals surface area contributed by atoms with Crippen LogP contribution in [0, 0.1) is 5.92 Å². The Bertz CT molecular complexity index is 159. The quantitative estimate of drug-likeness (QED) is 0.583. The molecule has 0 aromatic heterocycles. The third-order valence-corrected chi connectivity index (χ3v) is 4.31. The second-order valence-corrected chi connectivity index (χ2v) is 6.07. The van der Waals surface area contributed by atoms with Crippen molar-refractivity contribution >= 4 is 16.7 Å². The van der Waals surface area contributed by atoms with Gasteiger partial charge in [0.1, 0.15) is 17.3 Å². The maximum absolute atomic E-state index is 11.2. The van der Waals surface area contributed by atoms with Crippen molar-refractivity contribution in [1.29, 1.82) is 0 Å². The summed E-state index contributed by atoms with van der Waals surface area (Å²) in [5.74, 6) is 2.93. The molecule has 84 valence electrons. The van der Waals surface area contributed by atoms with Gasteiger partial charge in [-0.2, -0.15) is 0 Å². The van der Waals surface area contributed by atoms with Gasteiger partial charge in [-0.15, -0.1) is 0 Å². The summed E-state index contributed by atoms with van der Waals surface area (Å²) < 4.78 is 5.03. The lowest BCUT2D eigenvalue weighted by atomic mass is 10.00. The molecule has 0 aliphatic heterocycles. The molecule has 0 amide bonds. The number of carbonyl (C=O) groups excluding carboxylic acids is 1. The Morgan fingerprint density at radius 1 is 1.43 bits per heavy atom. The van der Waals surface area contributed by atoms with E-state index in [4.69, 9.17) is 4.74 Å². The van der Waals surface area contributed by atoms with Crippen LogP contribution in [0.4, 0.5) is 0 Å². The fourth-order valence-corrected chi connectivity index (χ4v) is 2.71. The minimum absolute atomic E-state index is 0.285. The fraction of sp³-hybridized carbons (Fsp3) is 0.909. The molecule has 0 radical (unpaired) electrons. The van der Waals surface area contributed by atoms with Crippen molar-refractivity contribution in [2.24, 2.45) is 5.92 Å². The minimum atomic E-state index is 0.285.